The lowest BCUT2D eigenvalue weighted by Crippen LogP contribution is -2.25. The van der Waals surface area contributed by atoms with Gasteiger partial charge in [-0.25, -0.2) is 4.79 Å². The monoisotopic (exact) mass is 246 g/mol. The number of hydrogen-bond acceptors (Lipinski definition) is 3. The Morgan fingerprint density at radius 1 is 1.39 bits per heavy atom. The fourth-order valence-electron chi connectivity index (χ4n) is 1.64. The molecule has 2 aromatic rings. The molecule has 4 nitrogen and oxygen atoms in total. The molecule has 4 heteroatoms. The fourth-order valence-corrected chi connectivity index (χ4v) is 1.64. The normalized spacial score (nSPS) is 12.1. The minimum absolute atomic E-state index is 0.417. The molecule has 0 radical (unpaired) electrons. The number of carboxylic acid groups (broad SMARTS) is 1. The molecule has 18 heavy (non-hydrogen) atoms. The molecule has 0 aliphatic carbocycles. The minimum atomic E-state index is -0.957. The number of hydrogen-bond donors (Lipinski definition) is 1. The van der Waals surface area contributed by atoms with E-state index in [9.17, 15) is 4.79 Å². The van der Waals surface area contributed by atoms with Gasteiger partial charge < -0.3 is 14.3 Å². The van der Waals surface area contributed by atoms with Crippen molar-refractivity contribution in [3.63, 3.8) is 0 Å². The van der Waals surface area contributed by atoms with E-state index in [-0.39, 0.29) is 0 Å². The number of aliphatic carboxylic acids is 1. The van der Waals surface area contributed by atoms with Crippen LogP contribution in [0.4, 0.5) is 0 Å². The third-order valence-corrected chi connectivity index (χ3v) is 2.56. The highest BCUT2D eigenvalue weighted by Crippen LogP contribution is 2.25. The van der Waals surface area contributed by atoms with E-state index < -0.39 is 12.1 Å². The van der Waals surface area contributed by atoms with Gasteiger partial charge in [-0.2, -0.15) is 0 Å². The molecule has 1 N–H and O–H groups in total. The van der Waals surface area contributed by atoms with Crippen molar-refractivity contribution in [3.05, 3.63) is 42.7 Å². The van der Waals surface area contributed by atoms with E-state index in [2.05, 4.69) is 0 Å². The summed E-state index contributed by atoms with van der Waals surface area (Å²) >= 11 is 0. The maximum absolute atomic E-state index is 10.9. The van der Waals surface area contributed by atoms with E-state index in [0.29, 0.717) is 12.2 Å². The van der Waals surface area contributed by atoms with E-state index in [4.69, 9.17) is 14.3 Å². The summed E-state index contributed by atoms with van der Waals surface area (Å²) in [6, 6.07) is 10.8. The number of carboxylic acids is 1. The fraction of sp³-hybridized carbons (Fsp3) is 0.214. The first-order chi connectivity index (χ1) is 8.70. The van der Waals surface area contributed by atoms with Gasteiger partial charge >= 0.3 is 5.97 Å². The second kappa shape index (κ2) is 5.40. The molecule has 1 unspecified atom stereocenters. The average Bonchev–Trinajstić information content (AvgIpc) is 2.90. The Bertz CT molecular complexity index is 516. The third-order valence-electron chi connectivity index (χ3n) is 2.56. The molecule has 0 fully saturated rings. The maximum atomic E-state index is 10.9. The van der Waals surface area contributed by atoms with E-state index in [1.165, 1.54) is 0 Å². The molecule has 0 amide bonds. The van der Waals surface area contributed by atoms with Crippen LogP contribution in [-0.4, -0.2) is 17.2 Å². The highest BCUT2D eigenvalue weighted by atomic mass is 16.5. The minimum Gasteiger partial charge on any atom is -0.479 e. The highest BCUT2D eigenvalue weighted by Gasteiger charge is 2.16. The predicted octanol–water partition coefficient (Wildman–Crippen LogP) is 3.19. The number of carbonyl (C=O) groups is 1. The van der Waals surface area contributed by atoms with Crippen LogP contribution in [-0.2, 0) is 4.79 Å². The Kier molecular flexibility index (Phi) is 3.67. The molecule has 0 bridgehead atoms. The van der Waals surface area contributed by atoms with E-state index in [0.717, 1.165) is 11.3 Å². The van der Waals surface area contributed by atoms with Gasteiger partial charge in [0.15, 0.2) is 6.10 Å². The van der Waals surface area contributed by atoms with Crippen molar-refractivity contribution in [1.82, 2.24) is 0 Å². The Labute approximate surface area is 105 Å². The molecular formula is C14H14O4. The highest BCUT2D eigenvalue weighted by molar-refractivity contribution is 5.72. The molecule has 0 aliphatic rings. The van der Waals surface area contributed by atoms with Crippen molar-refractivity contribution >= 4 is 5.97 Å². The third kappa shape index (κ3) is 2.71. The molecule has 0 saturated heterocycles. The second-order valence-corrected chi connectivity index (χ2v) is 3.86. The molecule has 0 saturated carbocycles. The van der Waals surface area contributed by atoms with Gasteiger partial charge in [0.05, 0.1) is 6.26 Å². The van der Waals surface area contributed by atoms with Crippen molar-refractivity contribution in [3.8, 4) is 17.1 Å². The van der Waals surface area contributed by atoms with E-state index in [1.807, 2.05) is 18.2 Å². The summed E-state index contributed by atoms with van der Waals surface area (Å²) in [4.78, 5) is 10.9. The van der Waals surface area contributed by atoms with Gasteiger partial charge in [0.1, 0.15) is 11.5 Å². The molecule has 2 rings (SSSR count). The Hall–Kier alpha value is -2.23. The van der Waals surface area contributed by atoms with Crippen molar-refractivity contribution in [1.29, 1.82) is 0 Å². The van der Waals surface area contributed by atoms with Crippen LogP contribution in [0.1, 0.15) is 13.3 Å². The quantitative estimate of drug-likeness (QED) is 0.880. The average molecular weight is 246 g/mol. The van der Waals surface area contributed by atoms with Crippen LogP contribution in [0.3, 0.4) is 0 Å². The molecule has 94 valence electrons. The summed E-state index contributed by atoms with van der Waals surface area (Å²) in [7, 11) is 0. The first-order valence-electron chi connectivity index (χ1n) is 5.74. The second-order valence-electron chi connectivity index (χ2n) is 3.86. The van der Waals surface area contributed by atoms with Gasteiger partial charge in [0.25, 0.3) is 0 Å². The van der Waals surface area contributed by atoms with Gasteiger partial charge in [-0.1, -0.05) is 19.1 Å². The number of rotatable bonds is 5. The summed E-state index contributed by atoms with van der Waals surface area (Å²) in [6.45, 7) is 1.77. The number of benzene rings is 1. The van der Waals surface area contributed by atoms with Gasteiger partial charge in [-0.15, -0.1) is 0 Å². The van der Waals surface area contributed by atoms with Gasteiger partial charge in [-0.05, 0) is 30.7 Å². The lowest BCUT2D eigenvalue weighted by molar-refractivity contribution is -0.145. The zero-order chi connectivity index (χ0) is 13.0. The van der Waals surface area contributed by atoms with Gasteiger partial charge in [-0.3, -0.25) is 0 Å². The first kappa shape index (κ1) is 12.2. The molecule has 0 spiro atoms. The van der Waals surface area contributed by atoms with Crippen LogP contribution >= 0.6 is 0 Å². The van der Waals surface area contributed by atoms with Crippen LogP contribution in [0, 0.1) is 0 Å². The topological polar surface area (TPSA) is 59.7 Å². The van der Waals surface area contributed by atoms with Crippen molar-refractivity contribution < 1.29 is 19.1 Å². The van der Waals surface area contributed by atoms with Crippen LogP contribution in [0.2, 0.25) is 0 Å². The molecule has 1 heterocycles. The zero-order valence-electron chi connectivity index (χ0n) is 10.00. The van der Waals surface area contributed by atoms with E-state index >= 15 is 0 Å². The summed E-state index contributed by atoms with van der Waals surface area (Å²) in [5.74, 6) is 0.294. The maximum Gasteiger partial charge on any atom is 0.344 e. The summed E-state index contributed by atoms with van der Waals surface area (Å²) in [5, 5.41) is 8.94. The number of ether oxygens (including phenoxy) is 1. The standard InChI is InChI=1S/C14H14O4/c1-2-12(14(15)16)18-11-6-3-5-10(9-11)13-7-4-8-17-13/h3-9,12H,2H2,1H3,(H,15,16). The Balaban J connectivity index is 2.20. The largest absolute Gasteiger partial charge is 0.479 e. The van der Waals surface area contributed by atoms with Crippen molar-refractivity contribution in [2.75, 3.05) is 0 Å². The van der Waals surface area contributed by atoms with Crippen LogP contribution in [0.5, 0.6) is 5.75 Å². The first-order valence-corrected chi connectivity index (χ1v) is 5.74. The zero-order valence-corrected chi connectivity index (χ0v) is 10.00. The molecule has 1 atom stereocenters. The van der Waals surface area contributed by atoms with Gasteiger partial charge in [0.2, 0.25) is 0 Å². The lowest BCUT2D eigenvalue weighted by atomic mass is 10.1. The predicted molar refractivity (Wildman–Crippen MR) is 66.5 cm³/mol. The molecule has 0 aliphatic heterocycles. The van der Waals surface area contributed by atoms with E-state index in [1.54, 1.807) is 31.4 Å². The van der Waals surface area contributed by atoms with Crippen LogP contribution < -0.4 is 4.74 Å². The Morgan fingerprint density at radius 3 is 2.83 bits per heavy atom. The van der Waals surface area contributed by atoms with Crippen LogP contribution in [0.15, 0.2) is 47.1 Å². The number of furan rings is 1. The summed E-state index contributed by atoms with van der Waals surface area (Å²) in [5.41, 5.74) is 0.859. The smallest absolute Gasteiger partial charge is 0.344 e. The molecule has 1 aromatic carbocycles. The SMILES string of the molecule is CCC(Oc1cccc(-c2ccco2)c1)C(=O)O. The summed E-state index contributed by atoms with van der Waals surface area (Å²) in [6.07, 6.45) is 1.19. The van der Waals surface area contributed by atoms with Gasteiger partial charge in [0, 0.05) is 5.56 Å². The lowest BCUT2D eigenvalue weighted by Gasteiger charge is -2.13. The summed E-state index contributed by atoms with van der Waals surface area (Å²) < 4.78 is 10.7. The van der Waals surface area contributed by atoms with Crippen LogP contribution in [0.25, 0.3) is 11.3 Å². The van der Waals surface area contributed by atoms with Crippen molar-refractivity contribution in [2.45, 2.75) is 19.4 Å². The molecular weight excluding hydrogens is 232 g/mol. The Morgan fingerprint density at radius 2 is 2.22 bits per heavy atom. The van der Waals surface area contributed by atoms with Crippen molar-refractivity contribution in [2.24, 2.45) is 0 Å². The molecule has 1 aromatic heterocycles.